The average Bonchev–Trinajstić information content (AvgIpc) is 2.65. The molecule has 1 aliphatic rings. The Labute approximate surface area is 166 Å². The van der Waals surface area contributed by atoms with Crippen molar-refractivity contribution in [2.45, 2.75) is 11.8 Å². The lowest BCUT2D eigenvalue weighted by Gasteiger charge is -2.07. The molecule has 2 aromatic rings. The standard InChI is InChI=1S/C20H15BrN2O3S/c1-14-13-17(9-12-19(14)24)22-20(15-5-3-2-4-6-15)23-27(25,26)18-10-7-16(21)8-11-18/h2-13H,1H3/b22-17?,23-20-. The third-order valence-corrected chi connectivity index (χ3v) is 5.55. The molecule has 0 fully saturated rings. The van der Waals surface area contributed by atoms with Crippen molar-refractivity contribution < 1.29 is 13.2 Å². The van der Waals surface area contributed by atoms with E-state index in [1.54, 1.807) is 55.5 Å². The molecule has 0 bridgehead atoms. The van der Waals surface area contributed by atoms with Crippen molar-refractivity contribution in [2.24, 2.45) is 9.39 Å². The highest BCUT2D eigenvalue weighted by atomic mass is 79.9. The number of sulfonamides is 1. The topological polar surface area (TPSA) is 75.9 Å². The van der Waals surface area contributed by atoms with Gasteiger partial charge in [0.25, 0.3) is 10.0 Å². The second-order valence-corrected chi connectivity index (χ2v) is 8.29. The number of carbonyl (C=O) groups is 1. The van der Waals surface area contributed by atoms with E-state index in [9.17, 15) is 13.2 Å². The van der Waals surface area contributed by atoms with Crippen LogP contribution in [-0.2, 0) is 14.8 Å². The van der Waals surface area contributed by atoms with Crippen molar-refractivity contribution in [1.29, 1.82) is 0 Å². The molecule has 27 heavy (non-hydrogen) atoms. The molecule has 2 aromatic carbocycles. The quantitative estimate of drug-likeness (QED) is 0.407. The second kappa shape index (κ2) is 7.94. The maximum atomic E-state index is 12.7. The molecule has 136 valence electrons. The zero-order chi connectivity index (χ0) is 19.4. The predicted molar refractivity (Wildman–Crippen MR) is 110 cm³/mol. The second-order valence-electron chi connectivity index (χ2n) is 5.77. The van der Waals surface area contributed by atoms with Gasteiger partial charge in [-0.25, -0.2) is 4.99 Å². The summed E-state index contributed by atoms with van der Waals surface area (Å²) in [4.78, 5) is 16.0. The van der Waals surface area contributed by atoms with Gasteiger partial charge in [0.2, 0.25) is 0 Å². The third-order valence-electron chi connectivity index (χ3n) is 3.74. The molecule has 0 saturated carbocycles. The summed E-state index contributed by atoms with van der Waals surface area (Å²) < 4.78 is 30.2. The first kappa shape index (κ1) is 19.1. The van der Waals surface area contributed by atoms with Crippen molar-refractivity contribution in [1.82, 2.24) is 0 Å². The summed E-state index contributed by atoms with van der Waals surface area (Å²) in [7, 11) is -3.95. The van der Waals surface area contributed by atoms with Crippen LogP contribution in [0.2, 0.25) is 0 Å². The lowest BCUT2D eigenvalue weighted by atomic mass is 10.1. The molecule has 0 amide bonds. The molecule has 7 heteroatoms. The van der Waals surface area contributed by atoms with Crippen molar-refractivity contribution in [3.63, 3.8) is 0 Å². The Morgan fingerprint density at radius 3 is 2.26 bits per heavy atom. The molecule has 0 aliphatic heterocycles. The summed E-state index contributed by atoms with van der Waals surface area (Å²) in [5.41, 5.74) is 1.54. The number of halogens is 1. The van der Waals surface area contributed by atoms with Gasteiger partial charge in [-0.1, -0.05) is 46.3 Å². The SMILES string of the molecule is CC1=CC(=N/C(=N\S(=O)(=O)c2ccc(Br)cc2)c2ccccc2)C=CC1=O. The molecule has 0 saturated heterocycles. The molecule has 0 spiro atoms. The smallest absolute Gasteiger partial charge is 0.284 e. The minimum atomic E-state index is -3.95. The van der Waals surface area contributed by atoms with Gasteiger partial charge in [-0.2, -0.15) is 8.42 Å². The van der Waals surface area contributed by atoms with E-state index in [0.717, 1.165) is 4.47 Å². The Morgan fingerprint density at radius 1 is 0.963 bits per heavy atom. The molecular formula is C20H15BrN2O3S. The van der Waals surface area contributed by atoms with E-state index >= 15 is 0 Å². The Kier molecular flexibility index (Phi) is 5.62. The Hall–Kier alpha value is -2.64. The van der Waals surface area contributed by atoms with Crippen LogP contribution >= 0.6 is 15.9 Å². The fourth-order valence-corrected chi connectivity index (χ4v) is 3.55. The highest BCUT2D eigenvalue weighted by molar-refractivity contribution is 9.10. The minimum absolute atomic E-state index is 0.0524. The van der Waals surface area contributed by atoms with E-state index in [2.05, 4.69) is 25.3 Å². The summed E-state index contributed by atoms with van der Waals surface area (Å²) in [5.74, 6) is -0.0498. The van der Waals surface area contributed by atoms with Gasteiger partial charge < -0.3 is 0 Å². The fourth-order valence-electron chi connectivity index (χ4n) is 2.32. The van der Waals surface area contributed by atoms with E-state index < -0.39 is 10.0 Å². The summed E-state index contributed by atoms with van der Waals surface area (Å²) >= 11 is 3.28. The number of nitrogens with zero attached hydrogens (tertiary/aromatic N) is 2. The maximum Gasteiger partial charge on any atom is 0.284 e. The van der Waals surface area contributed by atoms with E-state index in [1.165, 1.54) is 18.2 Å². The number of hydrogen-bond acceptors (Lipinski definition) is 3. The highest BCUT2D eigenvalue weighted by Crippen LogP contribution is 2.18. The first-order chi connectivity index (χ1) is 12.8. The van der Waals surface area contributed by atoms with Crippen LogP contribution in [0.5, 0.6) is 0 Å². The van der Waals surface area contributed by atoms with Crippen molar-refractivity contribution in [2.75, 3.05) is 0 Å². The zero-order valence-electron chi connectivity index (χ0n) is 14.3. The van der Waals surface area contributed by atoms with Gasteiger partial charge in [0, 0.05) is 10.0 Å². The lowest BCUT2D eigenvalue weighted by Crippen LogP contribution is -2.10. The monoisotopic (exact) mass is 442 g/mol. The Bertz CT molecular complexity index is 1100. The molecular weight excluding hydrogens is 428 g/mol. The van der Waals surface area contributed by atoms with Crippen LogP contribution in [0.3, 0.4) is 0 Å². The Balaban J connectivity index is 2.11. The Morgan fingerprint density at radius 2 is 1.63 bits per heavy atom. The third kappa shape index (κ3) is 4.75. The first-order valence-electron chi connectivity index (χ1n) is 8.00. The molecule has 0 heterocycles. The molecule has 1 aliphatic carbocycles. The first-order valence-corrected chi connectivity index (χ1v) is 10.2. The van der Waals surface area contributed by atoms with Crippen LogP contribution in [0.15, 0.2) is 97.2 Å². The van der Waals surface area contributed by atoms with E-state index in [4.69, 9.17) is 0 Å². The fraction of sp³-hybridized carbons (Fsp3) is 0.0500. The molecule has 5 nitrogen and oxygen atoms in total. The largest absolute Gasteiger partial charge is 0.290 e. The van der Waals surface area contributed by atoms with Crippen LogP contribution < -0.4 is 0 Å². The maximum absolute atomic E-state index is 12.7. The minimum Gasteiger partial charge on any atom is -0.290 e. The van der Waals surface area contributed by atoms with Crippen LogP contribution in [0.4, 0.5) is 0 Å². The number of aliphatic imine (C=N–C) groups is 1. The van der Waals surface area contributed by atoms with Crippen molar-refractivity contribution in [3.8, 4) is 0 Å². The average molecular weight is 443 g/mol. The lowest BCUT2D eigenvalue weighted by molar-refractivity contribution is -0.111. The van der Waals surface area contributed by atoms with Gasteiger partial charge in [0.05, 0.1) is 10.6 Å². The van der Waals surface area contributed by atoms with E-state index in [-0.39, 0.29) is 16.5 Å². The van der Waals surface area contributed by atoms with E-state index in [0.29, 0.717) is 16.8 Å². The molecule has 3 rings (SSSR count). The molecule has 0 radical (unpaired) electrons. The van der Waals surface area contributed by atoms with Crippen molar-refractivity contribution in [3.05, 3.63) is 88.4 Å². The van der Waals surface area contributed by atoms with Gasteiger partial charge in [0.1, 0.15) is 0 Å². The zero-order valence-corrected chi connectivity index (χ0v) is 16.7. The molecule has 0 atom stereocenters. The van der Waals surface area contributed by atoms with Crippen LogP contribution in [0.1, 0.15) is 12.5 Å². The summed E-state index contributed by atoms with van der Waals surface area (Å²) in [6, 6.07) is 15.1. The molecule has 0 N–H and O–H groups in total. The van der Waals surface area contributed by atoms with Crippen LogP contribution in [0, 0.1) is 0 Å². The summed E-state index contributed by atoms with van der Waals surface area (Å²) in [5, 5.41) is 0. The number of allylic oxidation sites excluding steroid dienone is 4. The van der Waals surface area contributed by atoms with Crippen molar-refractivity contribution >= 4 is 43.3 Å². The molecule has 0 unspecified atom stereocenters. The van der Waals surface area contributed by atoms with Gasteiger partial charge in [-0.05, 0) is 55.0 Å². The summed E-state index contributed by atoms with van der Waals surface area (Å²) in [6.07, 6.45) is 4.55. The number of carbonyl (C=O) groups excluding carboxylic acids is 1. The summed E-state index contributed by atoms with van der Waals surface area (Å²) in [6.45, 7) is 1.68. The number of ketones is 1. The van der Waals surface area contributed by atoms with Gasteiger partial charge >= 0.3 is 0 Å². The number of benzene rings is 2. The predicted octanol–water partition coefficient (Wildman–Crippen LogP) is 4.11. The van der Waals surface area contributed by atoms with Gasteiger partial charge in [0.15, 0.2) is 11.6 Å². The van der Waals surface area contributed by atoms with E-state index in [1.807, 2.05) is 6.07 Å². The van der Waals surface area contributed by atoms with Crippen LogP contribution in [-0.4, -0.2) is 25.7 Å². The normalized spacial score (nSPS) is 16.5. The number of hydrogen-bond donors (Lipinski definition) is 0. The highest BCUT2D eigenvalue weighted by Gasteiger charge is 2.16. The molecule has 0 aromatic heterocycles. The number of amidine groups is 1. The van der Waals surface area contributed by atoms with Gasteiger partial charge in [-0.15, -0.1) is 4.40 Å². The van der Waals surface area contributed by atoms with Gasteiger partial charge in [-0.3, -0.25) is 4.79 Å². The number of rotatable bonds is 3. The van der Waals surface area contributed by atoms with Crippen LogP contribution in [0.25, 0.3) is 0 Å².